The van der Waals surface area contributed by atoms with E-state index in [0.717, 1.165) is 37.0 Å². The molecule has 0 bridgehead atoms. The van der Waals surface area contributed by atoms with Crippen molar-refractivity contribution in [1.29, 1.82) is 0 Å². The smallest absolute Gasteiger partial charge is 0.213 e. The molecule has 6 heteroatoms. The van der Waals surface area contributed by atoms with E-state index in [1.807, 2.05) is 25.4 Å². The molecule has 28 heavy (non-hydrogen) atoms. The van der Waals surface area contributed by atoms with Crippen molar-refractivity contribution in [2.45, 2.75) is 70.0 Å². The second-order valence-electron chi connectivity index (χ2n) is 8.58. The van der Waals surface area contributed by atoms with Gasteiger partial charge in [0.2, 0.25) is 5.88 Å². The number of nitrogens with zero attached hydrogens (tertiary/aromatic N) is 3. The largest absolute Gasteiger partial charge is 0.477 e. The second kappa shape index (κ2) is 9.59. The van der Waals surface area contributed by atoms with E-state index in [-0.39, 0.29) is 0 Å². The molecule has 3 fully saturated rings. The zero-order valence-electron chi connectivity index (χ0n) is 17.2. The number of rotatable bonds is 7. The zero-order valence-corrected chi connectivity index (χ0v) is 17.2. The highest BCUT2D eigenvalue weighted by molar-refractivity contribution is 5.79. The SMILES string of the molecule is CN=C(NCc1ccnc(OCC2CC2)c1)NC1CCN(C2CCCC2)CC1. The van der Waals surface area contributed by atoms with E-state index in [4.69, 9.17) is 4.74 Å². The van der Waals surface area contributed by atoms with Crippen LogP contribution in [0.15, 0.2) is 23.3 Å². The normalized spacial score (nSPS) is 22.4. The number of pyridine rings is 1. The van der Waals surface area contributed by atoms with E-state index in [0.29, 0.717) is 6.04 Å². The maximum atomic E-state index is 5.79. The van der Waals surface area contributed by atoms with Crippen molar-refractivity contribution in [3.63, 3.8) is 0 Å². The van der Waals surface area contributed by atoms with E-state index >= 15 is 0 Å². The average molecular weight is 386 g/mol. The molecule has 2 aliphatic carbocycles. The average Bonchev–Trinajstić information content (AvgIpc) is 3.41. The standard InChI is InChI=1S/C22H35N5O/c1-23-22(26-19-9-12-27(13-10-19)20-4-2-3-5-20)25-15-18-8-11-24-21(14-18)28-16-17-6-7-17/h8,11,14,17,19-20H,2-7,9-10,12-13,15-16H2,1H3,(H2,23,25,26). The zero-order chi connectivity index (χ0) is 19.2. The van der Waals surface area contributed by atoms with Gasteiger partial charge in [-0.05, 0) is 56.1 Å². The van der Waals surface area contributed by atoms with Crippen LogP contribution in [-0.4, -0.2) is 54.7 Å². The minimum absolute atomic E-state index is 0.513. The van der Waals surface area contributed by atoms with Crippen LogP contribution < -0.4 is 15.4 Å². The van der Waals surface area contributed by atoms with Gasteiger partial charge in [-0.1, -0.05) is 12.8 Å². The van der Waals surface area contributed by atoms with Crippen LogP contribution in [0.4, 0.5) is 0 Å². The summed E-state index contributed by atoms with van der Waals surface area (Å²) < 4.78 is 5.79. The fourth-order valence-corrected chi connectivity index (χ4v) is 4.38. The summed E-state index contributed by atoms with van der Waals surface area (Å²) in [4.78, 5) is 11.4. The van der Waals surface area contributed by atoms with Crippen molar-refractivity contribution in [2.24, 2.45) is 10.9 Å². The Morgan fingerprint density at radius 3 is 2.68 bits per heavy atom. The first kappa shape index (κ1) is 19.5. The van der Waals surface area contributed by atoms with Crippen molar-refractivity contribution >= 4 is 5.96 Å². The highest BCUT2D eigenvalue weighted by Gasteiger charge is 2.27. The Kier molecular flexibility index (Phi) is 6.68. The van der Waals surface area contributed by atoms with Crippen molar-refractivity contribution in [3.8, 4) is 5.88 Å². The number of ether oxygens (including phenoxy) is 1. The molecular formula is C22H35N5O. The van der Waals surface area contributed by atoms with Gasteiger partial charge in [0, 0.05) is 51.0 Å². The lowest BCUT2D eigenvalue weighted by atomic mass is 10.0. The van der Waals surface area contributed by atoms with Crippen molar-refractivity contribution < 1.29 is 4.74 Å². The Hall–Kier alpha value is -1.82. The molecule has 0 aromatic carbocycles. The molecule has 1 aromatic rings. The van der Waals surface area contributed by atoms with Gasteiger partial charge in [-0.3, -0.25) is 4.99 Å². The fourth-order valence-electron chi connectivity index (χ4n) is 4.38. The number of nitrogens with one attached hydrogen (secondary N) is 2. The summed E-state index contributed by atoms with van der Waals surface area (Å²) in [5, 5.41) is 7.06. The van der Waals surface area contributed by atoms with Gasteiger partial charge in [-0.25, -0.2) is 4.98 Å². The molecule has 1 saturated heterocycles. The van der Waals surface area contributed by atoms with Crippen molar-refractivity contribution in [2.75, 3.05) is 26.7 Å². The highest BCUT2D eigenvalue weighted by atomic mass is 16.5. The summed E-state index contributed by atoms with van der Waals surface area (Å²) in [6.07, 6.45) is 12.5. The molecule has 3 aliphatic rings. The van der Waals surface area contributed by atoms with Crippen LogP contribution in [0.1, 0.15) is 56.9 Å². The first-order valence-electron chi connectivity index (χ1n) is 11.1. The molecule has 2 heterocycles. The predicted molar refractivity (Wildman–Crippen MR) is 113 cm³/mol. The van der Waals surface area contributed by atoms with Gasteiger partial charge < -0.3 is 20.3 Å². The number of likely N-dealkylation sites (tertiary alicyclic amines) is 1. The molecule has 2 N–H and O–H groups in total. The van der Waals surface area contributed by atoms with E-state index in [1.54, 1.807) is 0 Å². The third-order valence-electron chi connectivity index (χ3n) is 6.36. The maximum absolute atomic E-state index is 5.79. The van der Waals surface area contributed by atoms with Gasteiger partial charge in [0.05, 0.1) is 6.61 Å². The van der Waals surface area contributed by atoms with E-state index < -0.39 is 0 Å². The van der Waals surface area contributed by atoms with Crippen LogP contribution in [0.3, 0.4) is 0 Å². The molecule has 0 atom stereocenters. The maximum Gasteiger partial charge on any atom is 0.213 e. The summed E-state index contributed by atoms with van der Waals surface area (Å²) in [6, 6.07) is 5.42. The highest BCUT2D eigenvalue weighted by Crippen LogP contribution is 2.29. The van der Waals surface area contributed by atoms with Crippen LogP contribution >= 0.6 is 0 Å². The number of guanidine groups is 1. The molecule has 0 spiro atoms. The third-order valence-corrected chi connectivity index (χ3v) is 6.36. The van der Waals surface area contributed by atoms with Gasteiger partial charge in [0.25, 0.3) is 0 Å². The van der Waals surface area contributed by atoms with Crippen LogP contribution in [0, 0.1) is 5.92 Å². The van der Waals surface area contributed by atoms with Crippen LogP contribution in [0.5, 0.6) is 5.88 Å². The molecule has 2 saturated carbocycles. The van der Waals surface area contributed by atoms with Gasteiger partial charge in [0.15, 0.2) is 5.96 Å². The summed E-state index contributed by atoms with van der Waals surface area (Å²) >= 11 is 0. The molecule has 4 rings (SSSR count). The summed E-state index contributed by atoms with van der Waals surface area (Å²) in [5.41, 5.74) is 1.17. The van der Waals surface area contributed by atoms with E-state index in [2.05, 4.69) is 25.5 Å². The molecule has 0 unspecified atom stereocenters. The monoisotopic (exact) mass is 385 g/mol. The van der Waals surface area contributed by atoms with Crippen molar-refractivity contribution in [1.82, 2.24) is 20.5 Å². The van der Waals surface area contributed by atoms with Crippen LogP contribution in [0.2, 0.25) is 0 Å². The summed E-state index contributed by atoms with van der Waals surface area (Å²) in [6.45, 7) is 3.95. The van der Waals surface area contributed by atoms with Gasteiger partial charge >= 0.3 is 0 Å². The topological polar surface area (TPSA) is 61.8 Å². The molecule has 1 aromatic heterocycles. The second-order valence-corrected chi connectivity index (χ2v) is 8.58. The third kappa shape index (κ3) is 5.60. The molecule has 0 amide bonds. The first-order valence-corrected chi connectivity index (χ1v) is 11.1. The minimum atomic E-state index is 0.513. The minimum Gasteiger partial charge on any atom is -0.477 e. The summed E-state index contributed by atoms with van der Waals surface area (Å²) in [5.74, 6) is 2.36. The fraction of sp³-hybridized carbons (Fsp3) is 0.727. The van der Waals surface area contributed by atoms with E-state index in [1.165, 1.54) is 70.0 Å². The Morgan fingerprint density at radius 1 is 1.18 bits per heavy atom. The Labute approximate surface area is 169 Å². The molecular weight excluding hydrogens is 350 g/mol. The van der Waals surface area contributed by atoms with Crippen LogP contribution in [-0.2, 0) is 6.54 Å². The number of hydrogen-bond acceptors (Lipinski definition) is 4. The van der Waals surface area contributed by atoms with Gasteiger partial charge in [0.1, 0.15) is 0 Å². The number of hydrogen-bond donors (Lipinski definition) is 2. The number of piperidine rings is 1. The van der Waals surface area contributed by atoms with Crippen molar-refractivity contribution in [3.05, 3.63) is 23.9 Å². The summed E-state index contributed by atoms with van der Waals surface area (Å²) in [7, 11) is 1.85. The lowest BCUT2D eigenvalue weighted by Gasteiger charge is -2.36. The number of aliphatic imine (C=N–C) groups is 1. The molecule has 154 valence electrons. The molecule has 6 nitrogen and oxygen atoms in total. The first-order chi connectivity index (χ1) is 13.8. The lowest BCUT2D eigenvalue weighted by Crippen LogP contribution is -2.50. The van der Waals surface area contributed by atoms with Gasteiger partial charge in [-0.15, -0.1) is 0 Å². The Balaban J connectivity index is 1.20. The Morgan fingerprint density at radius 2 is 1.96 bits per heavy atom. The predicted octanol–water partition coefficient (Wildman–Crippen LogP) is 2.94. The van der Waals surface area contributed by atoms with Gasteiger partial charge in [-0.2, -0.15) is 0 Å². The number of aromatic nitrogens is 1. The van der Waals surface area contributed by atoms with Crippen LogP contribution in [0.25, 0.3) is 0 Å². The quantitative estimate of drug-likeness (QED) is 0.558. The molecule has 1 aliphatic heterocycles. The molecule has 0 radical (unpaired) electrons. The van der Waals surface area contributed by atoms with E-state index in [9.17, 15) is 0 Å². The Bertz CT molecular complexity index is 646. The lowest BCUT2D eigenvalue weighted by molar-refractivity contribution is 0.150.